The Morgan fingerprint density at radius 2 is 1.89 bits per heavy atom. The number of hydrogen-bond acceptors (Lipinski definition) is 2. The van der Waals surface area contributed by atoms with Crippen LogP contribution in [0.1, 0.15) is 5.56 Å². The average molecular weight is 350 g/mol. The summed E-state index contributed by atoms with van der Waals surface area (Å²) in [6.45, 7) is -0.148. The summed E-state index contributed by atoms with van der Waals surface area (Å²) in [5.74, 6) is -1.68. The van der Waals surface area contributed by atoms with E-state index in [9.17, 15) is 22.0 Å². The minimum Gasteiger partial charge on any atom is -0.312 e. The van der Waals surface area contributed by atoms with E-state index in [1.54, 1.807) is 0 Å². The fourth-order valence-electron chi connectivity index (χ4n) is 1.18. The molecule has 0 unspecified atom stereocenters. The molecule has 0 aliphatic rings. The van der Waals surface area contributed by atoms with E-state index in [0.29, 0.717) is 0 Å². The zero-order chi connectivity index (χ0) is 13.8. The van der Waals surface area contributed by atoms with E-state index in [4.69, 9.17) is 0 Å². The number of halogens is 6. The summed E-state index contributed by atoms with van der Waals surface area (Å²) in [4.78, 5) is 0. The lowest BCUT2D eigenvalue weighted by atomic mass is 10.2. The quantitative estimate of drug-likeness (QED) is 0.488. The van der Waals surface area contributed by atoms with Crippen molar-refractivity contribution in [2.75, 3.05) is 12.3 Å². The van der Waals surface area contributed by atoms with Gasteiger partial charge < -0.3 is 5.32 Å². The smallest absolute Gasteiger partial charge is 0.312 e. The van der Waals surface area contributed by atoms with Gasteiger partial charge in [0.1, 0.15) is 11.6 Å². The van der Waals surface area contributed by atoms with Gasteiger partial charge in [0.15, 0.2) is 0 Å². The lowest BCUT2D eigenvalue weighted by Gasteiger charge is -2.09. The Balaban J connectivity index is 2.43. The number of alkyl halides is 3. The van der Waals surface area contributed by atoms with E-state index in [1.807, 2.05) is 0 Å². The largest absolute Gasteiger partial charge is 0.441 e. The highest BCUT2D eigenvalue weighted by Gasteiger charge is 2.27. The van der Waals surface area contributed by atoms with Crippen molar-refractivity contribution in [3.05, 3.63) is 33.8 Å². The first-order valence-electron chi connectivity index (χ1n) is 4.85. The predicted octanol–water partition coefficient (Wildman–Crippen LogP) is 4.07. The number of nitrogens with one attached hydrogen (secondary N) is 1. The Bertz CT molecular complexity index is 410. The first-order valence-corrected chi connectivity index (χ1v) is 6.63. The SMILES string of the molecule is Fc1ccc(Br)c(F)c1CNCCSC(F)(F)F. The summed E-state index contributed by atoms with van der Waals surface area (Å²) in [5.41, 5.74) is -4.48. The van der Waals surface area contributed by atoms with Gasteiger partial charge in [-0.15, -0.1) is 0 Å². The third kappa shape index (κ3) is 5.11. The molecular weight excluding hydrogens is 341 g/mol. The van der Waals surface area contributed by atoms with Gasteiger partial charge in [0.05, 0.1) is 4.47 Å². The number of hydrogen-bond donors (Lipinski definition) is 1. The van der Waals surface area contributed by atoms with E-state index < -0.39 is 17.1 Å². The zero-order valence-corrected chi connectivity index (χ0v) is 11.4. The first kappa shape index (κ1) is 15.7. The Morgan fingerprint density at radius 1 is 1.22 bits per heavy atom. The summed E-state index contributed by atoms with van der Waals surface area (Å²) in [6.07, 6.45) is 0. The third-order valence-corrected chi connectivity index (χ3v) is 3.33. The van der Waals surface area contributed by atoms with Gasteiger partial charge >= 0.3 is 5.51 Å². The van der Waals surface area contributed by atoms with Gasteiger partial charge in [-0.05, 0) is 39.8 Å². The van der Waals surface area contributed by atoms with Crippen LogP contribution in [0.5, 0.6) is 0 Å². The highest BCUT2D eigenvalue weighted by atomic mass is 79.9. The Morgan fingerprint density at radius 3 is 2.50 bits per heavy atom. The topological polar surface area (TPSA) is 12.0 Å². The molecule has 0 aliphatic carbocycles. The molecule has 1 nitrogen and oxygen atoms in total. The first-order chi connectivity index (χ1) is 8.31. The van der Waals surface area contributed by atoms with Crippen LogP contribution in [-0.4, -0.2) is 17.8 Å². The van der Waals surface area contributed by atoms with Crippen LogP contribution >= 0.6 is 27.7 Å². The molecule has 1 aromatic rings. The van der Waals surface area contributed by atoms with Crippen LogP contribution < -0.4 is 5.32 Å². The molecule has 1 rings (SSSR count). The molecule has 8 heteroatoms. The lowest BCUT2D eigenvalue weighted by molar-refractivity contribution is -0.0327. The van der Waals surface area contributed by atoms with Gasteiger partial charge in [-0.2, -0.15) is 13.2 Å². The molecule has 1 aromatic carbocycles. The fourth-order valence-corrected chi connectivity index (χ4v) is 2.03. The molecule has 18 heavy (non-hydrogen) atoms. The van der Waals surface area contributed by atoms with Crippen molar-refractivity contribution in [1.82, 2.24) is 5.32 Å². The van der Waals surface area contributed by atoms with Gasteiger partial charge in [0, 0.05) is 24.4 Å². The number of benzene rings is 1. The Labute approximate surface area is 113 Å². The molecular formula is C10H9BrF5NS. The van der Waals surface area contributed by atoms with Gasteiger partial charge in [0.2, 0.25) is 0 Å². The molecule has 0 heterocycles. The van der Waals surface area contributed by atoms with Crippen molar-refractivity contribution in [3.63, 3.8) is 0 Å². The molecule has 0 bridgehead atoms. The van der Waals surface area contributed by atoms with Crippen LogP contribution in [0.3, 0.4) is 0 Å². The van der Waals surface area contributed by atoms with Crippen molar-refractivity contribution >= 4 is 27.7 Å². The van der Waals surface area contributed by atoms with Gasteiger partial charge in [0.25, 0.3) is 0 Å². The highest BCUT2D eigenvalue weighted by molar-refractivity contribution is 9.10. The molecule has 0 fully saturated rings. The number of thioether (sulfide) groups is 1. The molecule has 0 aliphatic heterocycles. The van der Waals surface area contributed by atoms with E-state index in [0.717, 1.165) is 6.07 Å². The second-order valence-electron chi connectivity index (χ2n) is 3.29. The van der Waals surface area contributed by atoms with Crippen LogP contribution in [0, 0.1) is 11.6 Å². The lowest BCUT2D eigenvalue weighted by Crippen LogP contribution is -2.20. The second kappa shape index (κ2) is 6.72. The third-order valence-electron chi connectivity index (χ3n) is 1.99. The standard InChI is InChI=1S/C10H9BrF5NS/c11-7-1-2-8(12)6(9(7)13)5-17-3-4-18-10(14,15)16/h1-2,17H,3-5H2. The van der Waals surface area contributed by atoms with E-state index in [1.165, 1.54) is 6.07 Å². The van der Waals surface area contributed by atoms with Crippen molar-refractivity contribution in [1.29, 1.82) is 0 Å². The van der Waals surface area contributed by atoms with Crippen LogP contribution in [0.2, 0.25) is 0 Å². The fraction of sp³-hybridized carbons (Fsp3) is 0.400. The van der Waals surface area contributed by atoms with E-state index >= 15 is 0 Å². The summed E-state index contributed by atoms with van der Waals surface area (Å²) < 4.78 is 62.2. The van der Waals surface area contributed by atoms with Crippen molar-refractivity contribution in [3.8, 4) is 0 Å². The number of rotatable bonds is 5. The monoisotopic (exact) mass is 349 g/mol. The Kier molecular flexibility index (Phi) is 5.87. The minimum atomic E-state index is -4.28. The van der Waals surface area contributed by atoms with Crippen LogP contribution in [0.4, 0.5) is 22.0 Å². The maximum atomic E-state index is 13.4. The van der Waals surface area contributed by atoms with Crippen LogP contribution in [0.15, 0.2) is 16.6 Å². The maximum absolute atomic E-state index is 13.4. The highest BCUT2D eigenvalue weighted by Crippen LogP contribution is 2.29. The summed E-state index contributed by atoms with van der Waals surface area (Å²) in [5, 5.41) is 2.56. The molecule has 0 saturated heterocycles. The molecule has 0 radical (unpaired) electrons. The summed E-state index contributed by atoms with van der Waals surface area (Å²) in [7, 11) is 0. The zero-order valence-electron chi connectivity index (χ0n) is 8.95. The van der Waals surface area contributed by atoms with Gasteiger partial charge in [-0.3, -0.25) is 0 Å². The van der Waals surface area contributed by atoms with Crippen molar-refractivity contribution in [2.24, 2.45) is 0 Å². The molecule has 1 N–H and O–H groups in total. The van der Waals surface area contributed by atoms with Crippen molar-refractivity contribution < 1.29 is 22.0 Å². The molecule has 102 valence electrons. The van der Waals surface area contributed by atoms with Crippen LogP contribution in [0.25, 0.3) is 0 Å². The summed E-state index contributed by atoms with van der Waals surface area (Å²) in [6, 6.07) is 2.32. The molecule has 0 saturated carbocycles. The average Bonchev–Trinajstić information content (AvgIpc) is 2.26. The molecule has 0 aromatic heterocycles. The van der Waals surface area contributed by atoms with Gasteiger partial charge in [-0.25, -0.2) is 8.78 Å². The maximum Gasteiger partial charge on any atom is 0.441 e. The molecule has 0 atom stereocenters. The minimum absolute atomic E-state index is 0.00949. The second-order valence-corrected chi connectivity index (χ2v) is 5.31. The van der Waals surface area contributed by atoms with Gasteiger partial charge in [-0.1, -0.05) is 0 Å². The normalized spacial score (nSPS) is 11.9. The van der Waals surface area contributed by atoms with Crippen LogP contribution in [-0.2, 0) is 6.54 Å². The molecule has 0 spiro atoms. The Hall–Kier alpha value is -0.340. The summed E-state index contributed by atoms with van der Waals surface area (Å²) >= 11 is 2.73. The predicted molar refractivity (Wildman–Crippen MR) is 64.3 cm³/mol. The molecule has 0 amide bonds. The van der Waals surface area contributed by atoms with Crippen molar-refractivity contribution in [2.45, 2.75) is 12.1 Å². The van der Waals surface area contributed by atoms with E-state index in [-0.39, 0.29) is 40.6 Å². The van der Waals surface area contributed by atoms with E-state index in [2.05, 4.69) is 21.2 Å².